The maximum absolute atomic E-state index is 13.7. The van der Waals surface area contributed by atoms with E-state index in [1.165, 1.54) is 29.7 Å². The lowest BCUT2D eigenvalue weighted by Gasteiger charge is -2.31. The summed E-state index contributed by atoms with van der Waals surface area (Å²) in [5.41, 5.74) is 2.04. The first-order valence-corrected chi connectivity index (χ1v) is 15.9. The fourth-order valence-corrected chi connectivity index (χ4v) is 6.95. The summed E-state index contributed by atoms with van der Waals surface area (Å²) in [6.07, 6.45) is 1.50. The van der Waals surface area contributed by atoms with E-state index < -0.39 is 43.8 Å². The number of carbonyl (C=O) groups is 1. The number of aromatic amines is 1. The molecule has 0 bridgehead atoms. The molecule has 0 fully saturated rings. The summed E-state index contributed by atoms with van der Waals surface area (Å²) in [5, 5.41) is 14.1. The molecule has 1 heterocycles. The molecule has 3 aromatic rings. The second kappa shape index (κ2) is 12.4. The first-order chi connectivity index (χ1) is 17.8. The number of aromatic nitrogens is 2. The number of rotatable bonds is 13. The van der Waals surface area contributed by atoms with Crippen LogP contribution in [0.3, 0.4) is 0 Å². The zero-order valence-electron chi connectivity index (χ0n) is 22.0. The number of nitrogens with zero attached hydrogens (tertiary/aromatic N) is 2. The molecular formula is C26H36N4O6S2. The highest BCUT2D eigenvalue weighted by Gasteiger charge is 2.32. The summed E-state index contributed by atoms with van der Waals surface area (Å²) < 4.78 is 52.0. The van der Waals surface area contributed by atoms with E-state index in [-0.39, 0.29) is 36.1 Å². The number of imidazole rings is 1. The van der Waals surface area contributed by atoms with E-state index >= 15 is 0 Å². The van der Waals surface area contributed by atoms with E-state index in [4.69, 9.17) is 0 Å². The van der Waals surface area contributed by atoms with Crippen LogP contribution in [0, 0.1) is 11.8 Å². The predicted molar refractivity (Wildman–Crippen MR) is 147 cm³/mol. The molecule has 0 radical (unpaired) electrons. The normalized spacial score (nSPS) is 15.0. The van der Waals surface area contributed by atoms with Crippen LogP contribution in [-0.2, 0) is 31.1 Å². The van der Waals surface area contributed by atoms with Crippen LogP contribution in [0.25, 0.3) is 11.0 Å². The number of amides is 1. The molecular weight excluding hydrogens is 528 g/mol. The lowest BCUT2D eigenvalue weighted by atomic mass is 10.00. The van der Waals surface area contributed by atoms with E-state index in [9.17, 15) is 26.7 Å². The van der Waals surface area contributed by atoms with Gasteiger partial charge in [-0.2, -0.15) is 4.31 Å². The topological polar surface area (TPSA) is 150 Å². The monoisotopic (exact) mass is 564 g/mol. The fourth-order valence-electron chi connectivity index (χ4n) is 4.24. The largest absolute Gasteiger partial charge is 0.390 e. The van der Waals surface area contributed by atoms with Gasteiger partial charge in [0.25, 0.3) is 0 Å². The van der Waals surface area contributed by atoms with Crippen molar-refractivity contribution in [2.75, 3.05) is 25.1 Å². The third kappa shape index (κ3) is 8.10. The van der Waals surface area contributed by atoms with Gasteiger partial charge in [0.05, 0.1) is 40.2 Å². The number of aliphatic hydroxyl groups excluding tert-OH is 1. The van der Waals surface area contributed by atoms with Gasteiger partial charge in [-0.15, -0.1) is 0 Å². The maximum atomic E-state index is 13.7. The number of sulfonamides is 1. The van der Waals surface area contributed by atoms with Gasteiger partial charge in [0.2, 0.25) is 15.9 Å². The smallest absolute Gasteiger partial charge is 0.243 e. The lowest BCUT2D eigenvalue weighted by Crippen LogP contribution is -2.52. The molecule has 12 heteroatoms. The van der Waals surface area contributed by atoms with Gasteiger partial charge in [-0.1, -0.05) is 51.1 Å². The van der Waals surface area contributed by atoms with E-state index in [1.54, 1.807) is 6.07 Å². The number of hydrogen-bond donors (Lipinski definition) is 3. The van der Waals surface area contributed by atoms with E-state index in [0.717, 1.165) is 11.8 Å². The van der Waals surface area contributed by atoms with Crippen molar-refractivity contribution in [3.8, 4) is 0 Å². The van der Waals surface area contributed by atoms with Crippen molar-refractivity contribution >= 4 is 36.8 Å². The molecule has 3 N–H and O–H groups in total. The van der Waals surface area contributed by atoms with Crippen LogP contribution in [0.5, 0.6) is 0 Å². The Balaban J connectivity index is 1.88. The predicted octanol–water partition coefficient (Wildman–Crippen LogP) is 1.98. The Morgan fingerprint density at radius 1 is 1.05 bits per heavy atom. The molecule has 1 aromatic heterocycles. The van der Waals surface area contributed by atoms with Crippen molar-refractivity contribution in [2.45, 2.75) is 44.2 Å². The quantitative estimate of drug-likeness (QED) is 0.287. The Labute approximate surface area is 224 Å². The molecule has 0 unspecified atom stereocenters. The molecule has 3 rings (SSSR count). The Morgan fingerprint density at radius 3 is 2.37 bits per heavy atom. The van der Waals surface area contributed by atoms with Crippen LogP contribution in [0.1, 0.15) is 26.3 Å². The van der Waals surface area contributed by atoms with Gasteiger partial charge in [0.1, 0.15) is 9.84 Å². The number of sulfone groups is 1. The van der Waals surface area contributed by atoms with Crippen LogP contribution in [0.4, 0.5) is 0 Å². The third-order valence-electron chi connectivity index (χ3n) is 6.08. The number of nitrogens with one attached hydrogen (secondary N) is 2. The van der Waals surface area contributed by atoms with Gasteiger partial charge in [0.15, 0.2) is 0 Å². The Kier molecular flexibility index (Phi) is 9.69. The lowest BCUT2D eigenvalue weighted by molar-refractivity contribution is -0.125. The van der Waals surface area contributed by atoms with Crippen LogP contribution in [0.15, 0.2) is 59.8 Å². The summed E-state index contributed by atoms with van der Waals surface area (Å²) in [5.74, 6) is -1.74. The molecule has 3 atom stereocenters. The highest BCUT2D eigenvalue weighted by Crippen LogP contribution is 2.22. The number of hydrogen-bond acceptors (Lipinski definition) is 7. The van der Waals surface area contributed by atoms with Gasteiger partial charge in [-0.3, -0.25) is 4.79 Å². The number of carbonyl (C=O) groups excluding carboxylic acids is 1. The molecule has 38 heavy (non-hydrogen) atoms. The molecule has 2 aromatic carbocycles. The molecule has 0 aliphatic heterocycles. The number of aliphatic hydroxyl groups is 1. The summed E-state index contributed by atoms with van der Waals surface area (Å²) >= 11 is 0. The zero-order chi connectivity index (χ0) is 28.1. The average Bonchev–Trinajstić information content (AvgIpc) is 3.30. The van der Waals surface area contributed by atoms with Crippen molar-refractivity contribution < 1.29 is 26.7 Å². The molecule has 0 spiro atoms. The summed E-state index contributed by atoms with van der Waals surface area (Å²) in [7, 11) is -7.40. The minimum absolute atomic E-state index is 0.0372. The Morgan fingerprint density at radius 2 is 1.74 bits per heavy atom. The number of fused-ring (bicyclic) bond motifs is 1. The van der Waals surface area contributed by atoms with Crippen molar-refractivity contribution in [1.29, 1.82) is 0 Å². The fraction of sp³-hybridized carbons (Fsp3) is 0.462. The van der Waals surface area contributed by atoms with Crippen molar-refractivity contribution in [3.63, 3.8) is 0 Å². The van der Waals surface area contributed by atoms with Gasteiger partial charge in [0, 0.05) is 25.3 Å². The van der Waals surface area contributed by atoms with Gasteiger partial charge < -0.3 is 15.4 Å². The SMILES string of the molecule is CC(C)CN(C[C@@H](O)[C@H](Cc1ccccc1)NC(=O)[C@H](C)CS(C)(=O)=O)S(=O)(=O)c1ccc2nc[nH]c2c1. The van der Waals surface area contributed by atoms with E-state index in [1.807, 2.05) is 44.2 Å². The molecule has 0 saturated heterocycles. The standard InChI is InChI=1S/C26H36N4O6S2/c1-18(2)14-30(38(35,36)21-10-11-22-23(13-21)28-17-27-22)15-25(31)24(12-20-8-6-5-7-9-20)29-26(32)19(3)16-37(4,33)34/h5-11,13,17-19,24-25,31H,12,14-16H2,1-4H3,(H,27,28)(H,29,32)/t19-,24+,25-/m1/s1. The summed E-state index contributed by atoms with van der Waals surface area (Å²) in [6, 6.07) is 12.9. The van der Waals surface area contributed by atoms with Gasteiger partial charge in [-0.25, -0.2) is 21.8 Å². The molecule has 208 valence electrons. The molecule has 0 aliphatic carbocycles. The molecule has 0 saturated carbocycles. The Bertz CT molecular complexity index is 1440. The maximum Gasteiger partial charge on any atom is 0.243 e. The summed E-state index contributed by atoms with van der Waals surface area (Å²) in [6.45, 7) is 5.15. The van der Waals surface area contributed by atoms with Crippen LogP contribution < -0.4 is 5.32 Å². The zero-order valence-corrected chi connectivity index (χ0v) is 23.7. The first-order valence-electron chi connectivity index (χ1n) is 12.4. The number of H-pyrrole nitrogens is 1. The summed E-state index contributed by atoms with van der Waals surface area (Å²) in [4.78, 5) is 20.0. The van der Waals surface area contributed by atoms with E-state index in [2.05, 4.69) is 15.3 Å². The average molecular weight is 565 g/mol. The molecule has 1 amide bonds. The van der Waals surface area contributed by atoms with Crippen LogP contribution in [0.2, 0.25) is 0 Å². The van der Waals surface area contributed by atoms with Crippen molar-refractivity contribution in [2.24, 2.45) is 11.8 Å². The second-order valence-electron chi connectivity index (χ2n) is 10.2. The van der Waals surface area contributed by atoms with Crippen LogP contribution in [-0.4, -0.2) is 79.4 Å². The Hall–Kier alpha value is -2.80. The first kappa shape index (κ1) is 29.8. The highest BCUT2D eigenvalue weighted by molar-refractivity contribution is 7.90. The molecule has 0 aliphatic rings. The van der Waals surface area contributed by atoms with Gasteiger partial charge >= 0.3 is 0 Å². The highest BCUT2D eigenvalue weighted by atomic mass is 32.2. The van der Waals surface area contributed by atoms with E-state index in [0.29, 0.717) is 11.0 Å². The van der Waals surface area contributed by atoms with Gasteiger partial charge in [-0.05, 0) is 36.1 Å². The minimum Gasteiger partial charge on any atom is -0.390 e. The van der Waals surface area contributed by atoms with Crippen molar-refractivity contribution in [3.05, 3.63) is 60.4 Å². The second-order valence-corrected chi connectivity index (χ2v) is 14.3. The minimum atomic E-state index is -4.00. The third-order valence-corrected chi connectivity index (χ3v) is 9.01. The number of benzene rings is 2. The van der Waals surface area contributed by atoms with Crippen LogP contribution >= 0.6 is 0 Å². The van der Waals surface area contributed by atoms with Crippen molar-refractivity contribution in [1.82, 2.24) is 19.6 Å². The molecule has 10 nitrogen and oxygen atoms in total.